The largest absolute Gasteiger partial charge is 0.350 e. The minimum atomic E-state index is -0.462. The van der Waals surface area contributed by atoms with Crippen molar-refractivity contribution in [2.24, 2.45) is 5.41 Å². The second-order valence-electron chi connectivity index (χ2n) is 8.79. The van der Waals surface area contributed by atoms with E-state index >= 15 is 0 Å². The molecule has 3 aromatic heterocycles. The molecule has 11 nitrogen and oxygen atoms in total. The summed E-state index contributed by atoms with van der Waals surface area (Å²) in [6, 6.07) is 5.30. The first-order valence-electron chi connectivity index (χ1n) is 10.7. The maximum atomic E-state index is 13.0. The first-order valence-corrected chi connectivity index (χ1v) is 10.7. The predicted molar refractivity (Wildman–Crippen MR) is 118 cm³/mol. The van der Waals surface area contributed by atoms with Crippen molar-refractivity contribution in [1.29, 1.82) is 0 Å². The van der Waals surface area contributed by atoms with Gasteiger partial charge in [0.15, 0.2) is 0 Å². The van der Waals surface area contributed by atoms with Crippen molar-refractivity contribution < 1.29 is 9.59 Å². The molecule has 0 aromatic carbocycles. The summed E-state index contributed by atoms with van der Waals surface area (Å²) in [4.78, 5) is 69.3. The van der Waals surface area contributed by atoms with Gasteiger partial charge in [-0.25, -0.2) is 9.67 Å². The van der Waals surface area contributed by atoms with Crippen molar-refractivity contribution in [3.8, 4) is 0 Å². The Balaban J connectivity index is 1.29. The molecule has 1 spiro atoms. The van der Waals surface area contributed by atoms with Gasteiger partial charge in [0.2, 0.25) is 5.91 Å². The minimum Gasteiger partial charge on any atom is -0.350 e. The van der Waals surface area contributed by atoms with Crippen LogP contribution < -0.4 is 22.0 Å². The van der Waals surface area contributed by atoms with Crippen molar-refractivity contribution in [3.63, 3.8) is 0 Å². The van der Waals surface area contributed by atoms with E-state index in [-0.39, 0.29) is 47.4 Å². The van der Waals surface area contributed by atoms with E-state index in [2.05, 4.69) is 20.4 Å². The monoisotopic (exact) mass is 450 g/mol. The Morgan fingerprint density at radius 1 is 1.18 bits per heavy atom. The summed E-state index contributed by atoms with van der Waals surface area (Å²) in [6.45, 7) is 0.553. The lowest BCUT2D eigenvalue weighted by molar-refractivity contribution is -0.133. The molecule has 3 aromatic rings. The lowest BCUT2D eigenvalue weighted by Gasteiger charge is -2.25. The summed E-state index contributed by atoms with van der Waals surface area (Å²) < 4.78 is 1.00. The van der Waals surface area contributed by atoms with Crippen molar-refractivity contribution in [2.75, 3.05) is 13.1 Å². The molecule has 1 saturated heterocycles. The molecule has 5 rings (SSSR count). The zero-order chi connectivity index (χ0) is 23.2. The number of aromatic amines is 2. The standard InChI is InChI=1S/C22H22N6O5/c29-16-1-2-17(30)28(26-16)11-18(31)27-12-22(4-5-22)8-15(27)10-25-20(32)14-7-13-3-6-23-21(33)19(13)24-9-14/h1-3,6-7,9,15H,4-5,8,10-12H2,(H,23,33)(H,25,32)(H,26,29). The fourth-order valence-electron chi connectivity index (χ4n) is 4.49. The van der Waals surface area contributed by atoms with E-state index < -0.39 is 11.1 Å². The molecule has 11 heteroatoms. The highest BCUT2D eigenvalue weighted by atomic mass is 16.2. The fraction of sp³-hybridized carbons (Fsp3) is 0.364. The second-order valence-corrected chi connectivity index (χ2v) is 8.79. The Morgan fingerprint density at radius 2 is 2.00 bits per heavy atom. The van der Waals surface area contributed by atoms with Gasteiger partial charge in [-0.1, -0.05) is 0 Å². The number of carbonyl (C=O) groups excluding carboxylic acids is 2. The second kappa shape index (κ2) is 7.84. The zero-order valence-electron chi connectivity index (χ0n) is 17.7. The van der Waals surface area contributed by atoms with E-state index in [1.54, 1.807) is 17.0 Å². The number of nitrogens with zero attached hydrogens (tertiary/aromatic N) is 3. The van der Waals surface area contributed by atoms with Crippen LogP contribution in [0.25, 0.3) is 10.9 Å². The number of likely N-dealkylation sites (tertiary alicyclic amines) is 1. The predicted octanol–water partition coefficient (Wildman–Crippen LogP) is -0.416. The normalized spacial score (nSPS) is 18.5. The van der Waals surface area contributed by atoms with Crippen LogP contribution in [0.4, 0.5) is 0 Å². The van der Waals surface area contributed by atoms with Crippen LogP contribution in [-0.4, -0.2) is 55.6 Å². The number of amides is 2. The summed E-state index contributed by atoms with van der Waals surface area (Å²) in [6.07, 6.45) is 5.66. The lowest BCUT2D eigenvalue weighted by atomic mass is 10.0. The molecule has 4 heterocycles. The molecule has 1 saturated carbocycles. The van der Waals surface area contributed by atoms with Crippen LogP contribution in [0.5, 0.6) is 0 Å². The van der Waals surface area contributed by atoms with Crippen LogP contribution >= 0.6 is 0 Å². The van der Waals surface area contributed by atoms with Gasteiger partial charge in [-0.2, -0.15) is 0 Å². The highest BCUT2D eigenvalue weighted by Crippen LogP contribution is 2.54. The van der Waals surface area contributed by atoms with Crippen molar-refractivity contribution in [2.45, 2.75) is 31.8 Å². The maximum Gasteiger partial charge on any atom is 0.274 e. The van der Waals surface area contributed by atoms with Gasteiger partial charge in [-0.05, 0) is 36.8 Å². The SMILES string of the molecule is O=C(NCC1CC2(CC2)CN1C(=O)Cn1[nH]c(=O)ccc1=O)c1cnc2c(=O)[nH]ccc2c1. The van der Waals surface area contributed by atoms with Crippen LogP contribution in [0, 0.1) is 5.41 Å². The van der Waals surface area contributed by atoms with Gasteiger partial charge >= 0.3 is 0 Å². The molecule has 3 N–H and O–H groups in total. The molecular weight excluding hydrogens is 428 g/mol. The highest BCUT2D eigenvalue weighted by Gasteiger charge is 2.53. The van der Waals surface area contributed by atoms with Crippen LogP contribution in [0.3, 0.4) is 0 Å². The van der Waals surface area contributed by atoms with Crippen LogP contribution in [-0.2, 0) is 11.3 Å². The first kappa shape index (κ1) is 20.9. The summed E-state index contributed by atoms with van der Waals surface area (Å²) in [5.74, 6) is -0.633. The average Bonchev–Trinajstić information content (AvgIpc) is 3.45. The molecule has 2 amide bonds. The molecule has 1 atom stereocenters. The fourth-order valence-corrected chi connectivity index (χ4v) is 4.49. The number of nitrogens with one attached hydrogen (secondary N) is 3. The van der Waals surface area contributed by atoms with E-state index in [9.17, 15) is 24.0 Å². The number of fused-ring (bicyclic) bond motifs is 1. The number of hydrogen-bond donors (Lipinski definition) is 3. The number of hydrogen-bond acceptors (Lipinski definition) is 6. The Kier molecular flexibility index (Phi) is 4.95. The molecule has 1 unspecified atom stereocenters. The molecule has 1 aliphatic heterocycles. The van der Waals surface area contributed by atoms with Crippen LogP contribution in [0.1, 0.15) is 29.6 Å². The first-order chi connectivity index (χ1) is 15.8. The topological polar surface area (TPSA) is 150 Å². The third-order valence-corrected chi connectivity index (χ3v) is 6.44. The van der Waals surface area contributed by atoms with Crippen molar-refractivity contribution >= 4 is 22.7 Å². The molecule has 33 heavy (non-hydrogen) atoms. The number of carbonyl (C=O) groups is 2. The summed E-state index contributed by atoms with van der Waals surface area (Å²) in [5, 5.41) is 5.80. The third kappa shape index (κ3) is 4.09. The number of H-pyrrole nitrogens is 2. The Hall–Kier alpha value is -4.02. The van der Waals surface area contributed by atoms with Crippen LogP contribution in [0.2, 0.25) is 0 Å². The maximum absolute atomic E-state index is 13.0. The molecule has 2 aliphatic rings. The van der Waals surface area contributed by atoms with E-state index in [0.29, 0.717) is 17.5 Å². The Morgan fingerprint density at radius 3 is 2.79 bits per heavy atom. The van der Waals surface area contributed by atoms with Gasteiger partial charge < -0.3 is 15.2 Å². The third-order valence-electron chi connectivity index (χ3n) is 6.44. The van der Waals surface area contributed by atoms with Crippen LogP contribution in [0.15, 0.2) is 51.0 Å². The smallest absolute Gasteiger partial charge is 0.274 e. The number of aromatic nitrogens is 4. The Labute approximate surface area is 186 Å². The van der Waals surface area contributed by atoms with E-state index in [4.69, 9.17) is 0 Å². The average molecular weight is 450 g/mol. The van der Waals surface area contributed by atoms with Crippen molar-refractivity contribution in [3.05, 3.63) is 73.3 Å². The van der Waals surface area contributed by atoms with E-state index in [1.807, 2.05) is 0 Å². The number of rotatable bonds is 5. The van der Waals surface area contributed by atoms with E-state index in [0.717, 1.165) is 36.1 Å². The van der Waals surface area contributed by atoms with Gasteiger partial charge in [0.1, 0.15) is 12.1 Å². The van der Waals surface area contributed by atoms with Gasteiger partial charge in [0, 0.05) is 49.0 Å². The Bertz CT molecular complexity index is 1430. The zero-order valence-corrected chi connectivity index (χ0v) is 17.7. The van der Waals surface area contributed by atoms with Gasteiger partial charge in [0.25, 0.3) is 22.6 Å². The molecule has 2 fully saturated rings. The number of pyridine rings is 2. The molecule has 1 aliphatic carbocycles. The van der Waals surface area contributed by atoms with Gasteiger partial charge in [-0.3, -0.25) is 29.1 Å². The molecular formula is C22H22N6O5. The molecule has 170 valence electrons. The molecule has 0 bridgehead atoms. The van der Waals surface area contributed by atoms with E-state index in [1.165, 1.54) is 12.4 Å². The lowest BCUT2D eigenvalue weighted by Crippen LogP contribution is -2.45. The quantitative estimate of drug-likeness (QED) is 0.481. The van der Waals surface area contributed by atoms with Gasteiger partial charge in [-0.15, -0.1) is 0 Å². The molecule has 0 radical (unpaired) electrons. The summed E-state index contributed by atoms with van der Waals surface area (Å²) in [5.41, 5.74) is -0.600. The van der Waals surface area contributed by atoms with Gasteiger partial charge in [0.05, 0.1) is 5.56 Å². The van der Waals surface area contributed by atoms with Crippen molar-refractivity contribution in [1.82, 2.24) is 30.0 Å². The minimum absolute atomic E-state index is 0.0750. The summed E-state index contributed by atoms with van der Waals surface area (Å²) >= 11 is 0. The highest BCUT2D eigenvalue weighted by molar-refractivity contribution is 5.97. The summed E-state index contributed by atoms with van der Waals surface area (Å²) in [7, 11) is 0.